The fourth-order valence-electron chi connectivity index (χ4n) is 3.43. The summed E-state index contributed by atoms with van der Waals surface area (Å²) in [4.78, 5) is 23.3. The van der Waals surface area contributed by atoms with Gasteiger partial charge in [-0.25, -0.2) is 9.97 Å². The number of hydrogen-bond donors (Lipinski definition) is 2. The molecule has 3 rings (SSSR count). The molecule has 1 aliphatic rings. The zero-order valence-electron chi connectivity index (χ0n) is 15.5. The molecule has 3 heterocycles. The Morgan fingerprint density at radius 1 is 1.52 bits per heavy atom. The van der Waals surface area contributed by atoms with Crippen LogP contribution in [0.5, 0.6) is 0 Å². The number of aromatic amines is 1. The summed E-state index contributed by atoms with van der Waals surface area (Å²) in [7, 11) is 0. The maximum atomic E-state index is 12.0. The van der Waals surface area contributed by atoms with E-state index in [1.54, 1.807) is 17.8 Å². The molecule has 1 fully saturated rings. The monoisotopic (exact) mass is 366 g/mol. The first-order valence-corrected chi connectivity index (χ1v) is 11.5. The summed E-state index contributed by atoms with van der Waals surface area (Å²) < 4.78 is 8.08. The number of aliphatic hydroxyl groups is 1. The van der Waals surface area contributed by atoms with E-state index < -0.39 is 24.8 Å². The molecule has 25 heavy (non-hydrogen) atoms. The van der Waals surface area contributed by atoms with Crippen LogP contribution < -0.4 is 5.56 Å². The van der Waals surface area contributed by atoms with Crippen molar-refractivity contribution < 1.29 is 9.84 Å². The lowest BCUT2D eigenvalue weighted by Gasteiger charge is -2.30. The largest absolute Gasteiger partial charge is 0.390 e. The van der Waals surface area contributed by atoms with Crippen LogP contribution in [0.3, 0.4) is 0 Å². The van der Waals surface area contributed by atoms with Crippen LogP contribution >= 0.6 is 6.89 Å². The molecule has 0 aliphatic carbocycles. The van der Waals surface area contributed by atoms with Crippen LogP contribution in [0, 0.1) is 12.8 Å². The minimum atomic E-state index is -1.21. The van der Waals surface area contributed by atoms with Crippen LogP contribution in [0.15, 0.2) is 11.1 Å². The molecule has 138 valence electrons. The molecule has 4 atom stereocenters. The Labute approximate surface area is 147 Å². The van der Waals surface area contributed by atoms with E-state index in [-0.39, 0.29) is 17.0 Å². The summed E-state index contributed by atoms with van der Waals surface area (Å²) in [6.45, 7) is 8.80. The Bertz CT molecular complexity index is 899. The highest BCUT2D eigenvalue weighted by Gasteiger charge is 2.50. The van der Waals surface area contributed by atoms with Crippen molar-refractivity contribution in [2.24, 2.45) is 5.92 Å². The second-order valence-corrected chi connectivity index (χ2v) is 12.3. The molecule has 1 saturated heterocycles. The maximum absolute atomic E-state index is 12.0. The molecule has 7 nitrogen and oxygen atoms in total. The van der Waals surface area contributed by atoms with Crippen LogP contribution in [-0.4, -0.2) is 62.1 Å². The Hall–Kier alpha value is -1.43. The molecule has 2 aromatic rings. The van der Waals surface area contributed by atoms with Gasteiger partial charge < -0.3 is 14.8 Å². The number of imidazole rings is 1. The third-order valence-corrected chi connectivity index (χ3v) is 6.44. The lowest BCUT2D eigenvalue weighted by molar-refractivity contribution is -0.0911. The van der Waals surface area contributed by atoms with E-state index in [4.69, 9.17) is 4.74 Å². The summed E-state index contributed by atoms with van der Waals surface area (Å²) >= 11 is 0. The molecule has 0 radical (unpaired) electrons. The third-order valence-electron chi connectivity index (χ3n) is 5.00. The molecule has 0 spiro atoms. The molecule has 2 N–H and O–H groups in total. The number of hydrogen-bond acceptors (Lipinski definition) is 5. The van der Waals surface area contributed by atoms with Gasteiger partial charge in [-0.05, 0) is 39.8 Å². The summed E-state index contributed by atoms with van der Waals surface area (Å²) in [6, 6.07) is 0. The Balaban J connectivity index is 1.96. The SMILES string of the molecule is C=P(C)(C)CC[C@@]1(C)OC(n2cnc3c(=O)[nH]c(C)nc32)[C@H](C)[C@@H]1O. The second-order valence-electron chi connectivity index (χ2n) is 8.01. The molecule has 2 aromatic heterocycles. The number of rotatable bonds is 4. The molecule has 8 heteroatoms. The fraction of sp³-hybridized carbons (Fsp3) is 0.647. The van der Waals surface area contributed by atoms with Gasteiger partial charge in [0.25, 0.3) is 5.56 Å². The van der Waals surface area contributed by atoms with Crippen molar-refractivity contribution in [2.45, 2.75) is 45.1 Å². The Morgan fingerprint density at radius 3 is 2.84 bits per heavy atom. The van der Waals surface area contributed by atoms with E-state index in [0.717, 1.165) is 12.6 Å². The van der Waals surface area contributed by atoms with Gasteiger partial charge in [-0.15, -0.1) is 13.2 Å². The van der Waals surface area contributed by atoms with Crippen LogP contribution in [0.4, 0.5) is 0 Å². The number of nitrogens with one attached hydrogen (secondary N) is 1. The number of nitrogens with zero attached hydrogens (tertiary/aromatic N) is 3. The summed E-state index contributed by atoms with van der Waals surface area (Å²) in [5.41, 5.74) is -0.140. The van der Waals surface area contributed by atoms with Crippen LogP contribution in [0.2, 0.25) is 0 Å². The number of H-pyrrole nitrogens is 1. The predicted octanol–water partition coefficient (Wildman–Crippen LogP) is 1.81. The number of ether oxygens (including phenoxy) is 1. The molecule has 1 unspecified atom stereocenters. The number of fused-ring (bicyclic) bond motifs is 1. The van der Waals surface area contributed by atoms with E-state index in [1.807, 2.05) is 13.8 Å². The molecule has 0 amide bonds. The predicted molar refractivity (Wildman–Crippen MR) is 102 cm³/mol. The molecule has 0 aromatic carbocycles. The van der Waals surface area contributed by atoms with Crippen molar-refractivity contribution in [1.29, 1.82) is 0 Å². The van der Waals surface area contributed by atoms with Crippen molar-refractivity contribution in [3.63, 3.8) is 0 Å². The van der Waals surface area contributed by atoms with E-state index in [0.29, 0.717) is 11.5 Å². The van der Waals surface area contributed by atoms with Gasteiger partial charge in [0.2, 0.25) is 0 Å². The van der Waals surface area contributed by atoms with Crippen LogP contribution in [0.1, 0.15) is 32.3 Å². The van der Waals surface area contributed by atoms with Gasteiger partial charge in [0.05, 0.1) is 18.0 Å². The van der Waals surface area contributed by atoms with Gasteiger partial charge in [0.15, 0.2) is 11.2 Å². The lowest BCUT2D eigenvalue weighted by atomic mass is 9.90. The molecule has 1 aliphatic heterocycles. The number of aryl methyl sites for hydroxylation is 1. The first-order chi connectivity index (χ1) is 11.5. The third kappa shape index (κ3) is 3.33. The first kappa shape index (κ1) is 18.4. The van der Waals surface area contributed by atoms with Gasteiger partial charge in [-0.3, -0.25) is 9.36 Å². The highest BCUT2D eigenvalue weighted by atomic mass is 31.2. The molecule has 0 bridgehead atoms. The van der Waals surface area contributed by atoms with Gasteiger partial charge in [-0.2, -0.15) is 0 Å². The first-order valence-electron chi connectivity index (χ1n) is 8.48. The Kier molecular flexibility index (Phi) is 4.46. The Morgan fingerprint density at radius 2 is 2.20 bits per heavy atom. The lowest BCUT2D eigenvalue weighted by Crippen LogP contribution is -2.38. The van der Waals surface area contributed by atoms with Crippen LogP contribution in [0.25, 0.3) is 11.2 Å². The topological polar surface area (TPSA) is 93.0 Å². The van der Waals surface area contributed by atoms with Crippen molar-refractivity contribution in [3.8, 4) is 0 Å². The minimum absolute atomic E-state index is 0.143. The van der Waals surface area contributed by atoms with Crippen molar-refractivity contribution in [2.75, 3.05) is 19.5 Å². The van der Waals surface area contributed by atoms with Crippen molar-refractivity contribution >= 4 is 24.3 Å². The summed E-state index contributed by atoms with van der Waals surface area (Å²) in [6.07, 6.45) is 6.50. The van der Waals surface area contributed by atoms with E-state index in [9.17, 15) is 9.90 Å². The maximum Gasteiger partial charge on any atom is 0.279 e. The van der Waals surface area contributed by atoms with E-state index >= 15 is 0 Å². The highest BCUT2D eigenvalue weighted by Crippen LogP contribution is 2.47. The molecular formula is C17H27N4O3P. The standard InChI is InChI=1S/C17H27N4O3P/c1-10-13(22)17(3,7-8-25(4,5)6)24-16(10)21-9-18-12-14(21)19-11(2)20-15(12)23/h9-10,13,16,22H,4,7-8H2,1-3,5-6H3,(H,19,20,23)/t10-,13+,16?,17-/m1/s1. The summed E-state index contributed by atoms with van der Waals surface area (Å²) in [5, 5.41) is 10.8. The van der Waals surface area contributed by atoms with Crippen molar-refractivity contribution in [1.82, 2.24) is 19.5 Å². The average Bonchev–Trinajstić information content (AvgIpc) is 3.00. The van der Waals surface area contributed by atoms with Gasteiger partial charge in [0, 0.05) is 5.92 Å². The molecule has 0 saturated carbocycles. The summed E-state index contributed by atoms with van der Waals surface area (Å²) in [5.74, 6) is 0.381. The fourth-order valence-corrected chi connectivity index (χ4v) is 4.48. The number of aromatic nitrogens is 4. The van der Waals surface area contributed by atoms with Gasteiger partial charge in [-0.1, -0.05) is 6.92 Å². The molecular weight excluding hydrogens is 339 g/mol. The highest BCUT2D eigenvalue weighted by molar-refractivity contribution is 7.72. The van der Waals surface area contributed by atoms with E-state index in [1.165, 1.54) is 0 Å². The van der Waals surface area contributed by atoms with Gasteiger partial charge in [0.1, 0.15) is 12.1 Å². The smallest absolute Gasteiger partial charge is 0.279 e. The zero-order valence-corrected chi connectivity index (χ0v) is 16.4. The zero-order chi connectivity index (χ0) is 18.6. The average molecular weight is 366 g/mol. The second kappa shape index (κ2) is 6.08. The van der Waals surface area contributed by atoms with Crippen LogP contribution in [-0.2, 0) is 4.74 Å². The van der Waals surface area contributed by atoms with Gasteiger partial charge >= 0.3 is 0 Å². The quantitative estimate of drug-likeness (QED) is 0.805. The van der Waals surface area contributed by atoms with E-state index in [2.05, 4.69) is 34.6 Å². The van der Waals surface area contributed by atoms with Crippen molar-refractivity contribution in [3.05, 3.63) is 22.5 Å². The normalized spacial score (nSPS) is 30.2. The minimum Gasteiger partial charge on any atom is -0.390 e. The number of aliphatic hydroxyl groups excluding tert-OH is 1.